The molecule has 0 saturated carbocycles. The second-order valence-corrected chi connectivity index (χ2v) is 12.1. The molecule has 0 bridgehead atoms. The largest absolute Gasteiger partial charge is 0.392 e. The number of carbonyl (C=O) groups excluding carboxylic acids is 1. The molecule has 0 aliphatic carbocycles. The molecule has 4 aromatic carbocycles. The summed E-state index contributed by atoms with van der Waals surface area (Å²) in [5.41, 5.74) is 3.94. The third-order valence-electron chi connectivity index (χ3n) is 8.59. The van der Waals surface area contributed by atoms with Crippen LogP contribution < -0.4 is 5.32 Å². The molecule has 0 spiro atoms. The monoisotopic (exact) mass is 612 g/mol. The summed E-state index contributed by atoms with van der Waals surface area (Å²) >= 11 is 6.07. The molecule has 7 nitrogen and oxygen atoms in total. The first-order chi connectivity index (χ1) is 21.4. The molecule has 2 aliphatic heterocycles. The van der Waals surface area contributed by atoms with Crippen LogP contribution in [0, 0.1) is 0 Å². The molecule has 44 heavy (non-hydrogen) atoms. The van der Waals surface area contributed by atoms with Crippen LogP contribution in [0.25, 0.3) is 0 Å². The van der Waals surface area contributed by atoms with E-state index >= 15 is 0 Å². The highest BCUT2D eigenvalue weighted by atomic mass is 35.5. The van der Waals surface area contributed by atoms with Gasteiger partial charge in [0.1, 0.15) is 0 Å². The van der Waals surface area contributed by atoms with E-state index in [0.717, 1.165) is 35.3 Å². The molecule has 8 heteroatoms. The highest BCUT2D eigenvalue weighted by Gasteiger charge is 2.37. The summed E-state index contributed by atoms with van der Waals surface area (Å²) in [4.78, 5) is 15.1. The van der Waals surface area contributed by atoms with E-state index in [0.29, 0.717) is 42.1 Å². The molecule has 2 saturated heterocycles. The van der Waals surface area contributed by atoms with Crippen LogP contribution in [0.2, 0.25) is 5.02 Å². The van der Waals surface area contributed by atoms with Gasteiger partial charge in [0.05, 0.1) is 24.4 Å². The maximum Gasteiger partial charge on any atom is 0.255 e. The van der Waals surface area contributed by atoms with Gasteiger partial charge in [-0.1, -0.05) is 78.3 Å². The lowest BCUT2D eigenvalue weighted by Gasteiger charge is -2.42. The van der Waals surface area contributed by atoms with Crippen LogP contribution in [0.5, 0.6) is 0 Å². The average molecular weight is 613 g/mol. The topological polar surface area (TPSA) is 91.3 Å². The number of benzene rings is 4. The first kappa shape index (κ1) is 30.5. The van der Waals surface area contributed by atoms with Crippen molar-refractivity contribution in [3.05, 3.63) is 136 Å². The zero-order valence-electron chi connectivity index (χ0n) is 24.4. The lowest BCUT2D eigenvalue weighted by Crippen LogP contribution is -2.46. The number of ether oxygens (including phenoxy) is 2. The van der Waals surface area contributed by atoms with Crippen molar-refractivity contribution in [3.63, 3.8) is 0 Å². The van der Waals surface area contributed by atoms with E-state index in [1.807, 2.05) is 91.0 Å². The van der Waals surface area contributed by atoms with Gasteiger partial charge in [0.15, 0.2) is 6.29 Å². The third kappa shape index (κ3) is 7.21. The number of aliphatic hydroxyl groups is 2. The van der Waals surface area contributed by atoms with Crippen molar-refractivity contribution >= 4 is 23.2 Å². The molecule has 6 rings (SSSR count). The van der Waals surface area contributed by atoms with Gasteiger partial charge in [-0.3, -0.25) is 4.79 Å². The number of amides is 1. The third-order valence-corrected chi connectivity index (χ3v) is 8.85. The van der Waals surface area contributed by atoms with Gasteiger partial charge in [-0.2, -0.15) is 0 Å². The number of carbonyl (C=O) groups is 1. The summed E-state index contributed by atoms with van der Waals surface area (Å²) in [7, 11) is 0. The van der Waals surface area contributed by atoms with E-state index in [9.17, 15) is 15.0 Å². The van der Waals surface area contributed by atoms with Crippen molar-refractivity contribution in [2.24, 2.45) is 0 Å². The number of aliphatic hydroxyl groups excluding tert-OH is 1. The second-order valence-electron chi connectivity index (χ2n) is 11.6. The van der Waals surface area contributed by atoms with E-state index in [1.54, 1.807) is 12.1 Å². The van der Waals surface area contributed by atoms with Crippen molar-refractivity contribution < 1.29 is 24.5 Å². The number of halogens is 1. The summed E-state index contributed by atoms with van der Waals surface area (Å²) in [5.74, 6) is -0.184. The Kier molecular flexibility index (Phi) is 9.42. The Labute approximate surface area is 263 Å². The minimum atomic E-state index is -0.873. The van der Waals surface area contributed by atoms with Crippen LogP contribution in [-0.2, 0) is 21.7 Å². The number of rotatable bonds is 8. The fourth-order valence-corrected chi connectivity index (χ4v) is 6.16. The maximum atomic E-state index is 12.8. The zero-order valence-corrected chi connectivity index (χ0v) is 25.2. The normalized spacial score (nSPS) is 21.9. The standard InChI is InChI=1S/C36H37ClN2O5/c37-30-15-13-29(14-16-30)36(42)17-19-39(20-18-36)23-32-22-33(26-11-9-25(24-40)10-12-26)44-35(43-32)28-7-4-8-31(21-28)38-34(41)27-5-2-1-3-6-27/h1-16,21,32-33,35,40,42H,17-20,22-24H2,(H,38,41)/t32-,33+,35+/m1/s1. The Morgan fingerprint density at radius 3 is 2.32 bits per heavy atom. The van der Waals surface area contributed by atoms with Crippen molar-refractivity contribution in [1.82, 2.24) is 4.90 Å². The number of hydrogen-bond acceptors (Lipinski definition) is 6. The predicted molar refractivity (Wildman–Crippen MR) is 170 cm³/mol. The molecule has 2 aliphatic rings. The SMILES string of the molecule is O=C(Nc1cccc([C@H]2O[C@@H](CN3CCC(O)(c4ccc(Cl)cc4)CC3)C[C@@H](c3ccc(CO)cc3)O2)c1)c1ccccc1. The first-order valence-corrected chi connectivity index (χ1v) is 15.4. The van der Waals surface area contributed by atoms with Gasteiger partial charge in [0.2, 0.25) is 0 Å². The van der Waals surface area contributed by atoms with Crippen LogP contribution in [0.1, 0.15) is 64.3 Å². The number of nitrogens with zero attached hydrogens (tertiary/aromatic N) is 1. The molecule has 0 unspecified atom stereocenters. The van der Waals surface area contributed by atoms with E-state index in [1.165, 1.54) is 0 Å². The van der Waals surface area contributed by atoms with E-state index < -0.39 is 11.9 Å². The molecule has 3 N–H and O–H groups in total. The lowest BCUT2D eigenvalue weighted by molar-refractivity contribution is -0.253. The zero-order chi connectivity index (χ0) is 30.5. The molecule has 0 aromatic heterocycles. The Hall–Kier alpha value is -3.56. The van der Waals surface area contributed by atoms with Gasteiger partial charge in [-0.25, -0.2) is 0 Å². The van der Waals surface area contributed by atoms with Crippen molar-refractivity contribution in [1.29, 1.82) is 0 Å². The van der Waals surface area contributed by atoms with Crippen LogP contribution in [0.4, 0.5) is 5.69 Å². The summed E-state index contributed by atoms with van der Waals surface area (Å²) in [6, 6.07) is 32.0. The predicted octanol–water partition coefficient (Wildman–Crippen LogP) is 6.61. The smallest absolute Gasteiger partial charge is 0.255 e. The lowest BCUT2D eigenvalue weighted by atomic mass is 9.84. The molecular weight excluding hydrogens is 576 g/mol. The number of likely N-dealkylation sites (tertiary alicyclic amines) is 1. The van der Waals surface area contributed by atoms with Crippen LogP contribution in [0.3, 0.4) is 0 Å². The first-order valence-electron chi connectivity index (χ1n) is 15.1. The summed E-state index contributed by atoms with van der Waals surface area (Å²) in [6.07, 6.45) is 0.927. The van der Waals surface area contributed by atoms with Crippen LogP contribution in [-0.4, -0.2) is 46.8 Å². The Bertz CT molecular complexity index is 1540. The molecule has 2 fully saturated rings. The fourth-order valence-electron chi connectivity index (χ4n) is 6.03. The Morgan fingerprint density at radius 2 is 1.61 bits per heavy atom. The molecule has 2 heterocycles. The average Bonchev–Trinajstić information content (AvgIpc) is 3.06. The molecule has 228 valence electrons. The quantitative estimate of drug-likeness (QED) is 0.207. The molecule has 3 atom stereocenters. The van der Waals surface area contributed by atoms with E-state index in [-0.39, 0.29) is 24.7 Å². The van der Waals surface area contributed by atoms with Gasteiger partial charge in [-0.15, -0.1) is 0 Å². The van der Waals surface area contributed by atoms with Gasteiger partial charge in [0, 0.05) is 47.9 Å². The van der Waals surface area contributed by atoms with Crippen molar-refractivity contribution in [3.8, 4) is 0 Å². The van der Waals surface area contributed by atoms with Crippen LogP contribution in [0.15, 0.2) is 103 Å². The number of anilines is 1. The number of piperidine rings is 1. The molecular formula is C36H37ClN2O5. The van der Waals surface area contributed by atoms with Gasteiger partial charge < -0.3 is 29.9 Å². The molecule has 4 aromatic rings. The number of hydrogen-bond donors (Lipinski definition) is 3. The molecule has 1 amide bonds. The molecule has 0 radical (unpaired) electrons. The van der Waals surface area contributed by atoms with Crippen molar-refractivity contribution in [2.45, 2.75) is 50.0 Å². The van der Waals surface area contributed by atoms with Crippen LogP contribution >= 0.6 is 11.6 Å². The number of nitrogens with one attached hydrogen (secondary N) is 1. The van der Waals surface area contributed by atoms with E-state index in [2.05, 4.69) is 10.2 Å². The van der Waals surface area contributed by atoms with Gasteiger partial charge in [-0.05, 0) is 65.9 Å². The minimum Gasteiger partial charge on any atom is -0.392 e. The van der Waals surface area contributed by atoms with Gasteiger partial charge in [0.25, 0.3) is 5.91 Å². The highest BCUT2D eigenvalue weighted by molar-refractivity contribution is 6.30. The van der Waals surface area contributed by atoms with Gasteiger partial charge >= 0.3 is 0 Å². The fraction of sp³-hybridized carbons (Fsp3) is 0.306. The maximum absolute atomic E-state index is 12.8. The Morgan fingerprint density at radius 1 is 0.886 bits per heavy atom. The summed E-state index contributed by atoms with van der Waals surface area (Å²) < 4.78 is 13.1. The summed E-state index contributed by atoms with van der Waals surface area (Å²) in [6.45, 7) is 2.16. The highest BCUT2D eigenvalue weighted by Crippen LogP contribution is 2.40. The second kappa shape index (κ2) is 13.6. The Balaban J connectivity index is 1.17. The van der Waals surface area contributed by atoms with E-state index in [4.69, 9.17) is 21.1 Å². The minimum absolute atomic E-state index is 0.0149. The summed E-state index contributed by atoms with van der Waals surface area (Å²) in [5, 5.41) is 24.5. The van der Waals surface area contributed by atoms with Crippen molar-refractivity contribution in [2.75, 3.05) is 25.0 Å².